The van der Waals surface area contributed by atoms with Crippen LogP contribution in [0.25, 0.3) is 0 Å². The van der Waals surface area contributed by atoms with Crippen molar-refractivity contribution in [1.82, 2.24) is 0 Å². The molecule has 0 radical (unpaired) electrons. The van der Waals surface area contributed by atoms with Crippen molar-refractivity contribution in [2.45, 2.75) is 39.7 Å². The van der Waals surface area contributed by atoms with E-state index >= 15 is 0 Å². The maximum Gasteiger partial charge on any atom is 0.274 e. The molecule has 0 aromatic heterocycles. The molecule has 0 saturated heterocycles. The molecule has 104 valence electrons. The molecule has 1 rings (SSSR count). The van der Waals surface area contributed by atoms with E-state index in [1.807, 2.05) is 6.92 Å². The Morgan fingerprint density at radius 3 is 2.58 bits per heavy atom. The van der Waals surface area contributed by atoms with E-state index in [-0.39, 0.29) is 11.6 Å². The number of aryl methyl sites for hydroxylation is 2. The van der Waals surface area contributed by atoms with Gasteiger partial charge in [0, 0.05) is 11.6 Å². The fraction of sp³-hybridized carbons (Fsp3) is 0.462. The second-order valence-electron chi connectivity index (χ2n) is 4.60. The molecule has 0 bridgehead atoms. The van der Waals surface area contributed by atoms with E-state index in [2.05, 4.69) is 5.32 Å². The number of nitro groups is 1. The Bertz CT molecular complexity index is 500. The smallest absolute Gasteiger partial charge is 0.274 e. The van der Waals surface area contributed by atoms with Crippen LogP contribution < -0.4 is 11.1 Å². The summed E-state index contributed by atoms with van der Waals surface area (Å²) in [7, 11) is 0. The minimum Gasteiger partial charge on any atom is -0.324 e. The quantitative estimate of drug-likeness (QED) is 0.630. The lowest BCUT2D eigenvalue weighted by molar-refractivity contribution is -0.385. The third-order valence-electron chi connectivity index (χ3n) is 2.93. The summed E-state index contributed by atoms with van der Waals surface area (Å²) in [6.45, 7) is 5.40. The Balaban J connectivity index is 2.98. The molecule has 0 saturated carbocycles. The Hall–Kier alpha value is -1.95. The molecule has 0 unspecified atom stereocenters. The lowest BCUT2D eigenvalue weighted by Crippen LogP contribution is -2.35. The largest absolute Gasteiger partial charge is 0.324 e. The average Bonchev–Trinajstić information content (AvgIpc) is 2.32. The maximum atomic E-state index is 11.8. The van der Waals surface area contributed by atoms with Crippen LogP contribution in [-0.4, -0.2) is 16.9 Å². The second kappa shape index (κ2) is 6.29. The number of carbonyl (C=O) groups is 1. The van der Waals surface area contributed by atoms with Gasteiger partial charge in [0.15, 0.2) is 0 Å². The molecule has 0 aliphatic carbocycles. The van der Waals surface area contributed by atoms with Crippen molar-refractivity contribution in [3.63, 3.8) is 0 Å². The molecule has 6 nitrogen and oxygen atoms in total. The van der Waals surface area contributed by atoms with Gasteiger partial charge in [-0.2, -0.15) is 0 Å². The number of amides is 1. The first-order valence-corrected chi connectivity index (χ1v) is 6.18. The van der Waals surface area contributed by atoms with Gasteiger partial charge in [0.2, 0.25) is 5.91 Å². The molecule has 6 heteroatoms. The van der Waals surface area contributed by atoms with Crippen molar-refractivity contribution in [3.8, 4) is 0 Å². The van der Waals surface area contributed by atoms with Crippen LogP contribution in [0.3, 0.4) is 0 Å². The van der Waals surface area contributed by atoms with E-state index in [0.717, 1.165) is 12.0 Å². The number of benzene rings is 1. The highest BCUT2D eigenvalue weighted by atomic mass is 16.6. The van der Waals surface area contributed by atoms with Gasteiger partial charge in [0.1, 0.15) is 0 Å². The molecule has 0 aliphatic rings. The zero-order valence-electron chi connectivity index (χ0n) is 11.4. The maximum absolute atomic E-state index is 11.8. The van der Waals surface area contributed by atoms with Crippen molar-refractivity contribution in [1.29, 1.82) is 0 Å². The predicted molar refractivity (Wildman–Crippen MR) is 74.1 cm³/mol. The summed E-state index contributed by atoms with van der Waals surface area (Å²) < 4.78 is 0. The van der Waals surface area contributed by atoms with Gasteiger partial charge in [-0.25, -0.2) is 0 Å². The fourth-order valence-corrected chi connectivity index (χ4v) is 1.84. The Morgan fingerprint density at radius 1 is 1.42 bits per heavy atom. The van der Waals surface area contributed by atoms with Gasteiger partial charge in [-0.1, -0.05) is 13.3 Å². The first-order chi connectivity index (χ1) is 8.86. The van der Waals surface area contributed by atoms with Gasteiger partial charge in [-0.3, -0.25) is 14.9 Å². The molecule has 3 N–H and O–H groups in total. The molecule has 1 amide bonds. The second-order valence-corrected chi connectivity index (χ2v) is 4.60. The highest BCUT2D eigenvalue weighted by Gasteiger charge is 2.17. The number of hydrogen-bond donors (Lipinski definition) is 2. The van der Waals surface area contributed by atoms with Gasteiger partial charge in [0.05, 0.1) is 16.7 Å². The molecule has 1 aromatic carbocycles. The minimum atomic E-state index is -0.593. The van der Waals surface area contributed by atoms with E-state index in [9.17, 15) is 14.9 Å². The zero-order chi connectivity index (χ0) is 14.6. The first kappa shape index (κ1) is 15.1. The van der Waals surface area contributed by atoms with E-state index in [1.165, 1.54) is 6.07 Å². The average molecular weight is 265 g/mol. The number of nitrogens with two attached hydrogens (primary N) is 1. The van der Waals surface area contributed by atoms with Crippen LogP contribution in [0.2, 0.25) is 0 Å². The summed E-state index contributed by atoms with van der Waals surface area (Å²) in [5.74, 6) is -0.317. The number of rotatable bonds is 5. The van der Waals surface area contributed by atoms with Crippen LogP contribution in [0.1, 0.15) is 30.9 Å². The van der Waals surface area contributed by atoms with Gasteiger partial charge in [-0.15, -0.1) is 0 Å². The van der Waals surface area contributed by atoms with E-state index in [4.69, 9.17) is 5.73 Å². The molecular formula is C13H19N3O3. The van der Waals surface area contributed by atoms with Crippen LogP contribution in [0.4, 0.5) is 11.4 Å². The molecule has 0 spiro atoms. The van der Waals surface area contributed by atoms with Crippen LogP contribution in [-0.2, 0) is 4.79 Å². The molecular weight excluding hydrogens is 246 g/mol. The summed E-state index contributed by atoms with van der Waals surface area (Å²) in [6, 6.07) is 2.46. The third-order valence-corrected chi connectivity index (χ3v) is 2.93. The number of nitrogens with one attached hydrogen (secondary N) is 1. The number of carbonyl (C=O) groups excluding carboxylic acids is 1. The Labute approximate surface area is 112 Å². The van der Waals surface area contributed by atoms with Gasteiger partial charge in [-0.05, 0) is 31.9 Å². The number of nitrogens with zero attached hydrogens (tertiary/aromatic N) is 1. The standard InChI is InChI=1S/C13H19N3O3/c1-4-5-10(14)13(17)15-11-7-12(16(18)19)9(3)6-8(11)2/h6-7,10H,4-5,14H2,1-3H3,(H,15,17)/t10-/m1/s1. The van der Waals surface area contributed by atoms with Crippen LogP contribution >= 0.6 is 0 Å². The molecule has 1 atom stereocenters. The molecule has 1 aromatic rings. The van der Waals surface area contributed by atoms with Crippen molar-refractivity contribution in [3.05, 3.63) is 33.4 Å². The first-order valence-electron chi connectivity index (χ1n) is 6.18. The normalized spacial score (nSPS) is 12.0. The predicted octanol–water partition coefficient (Wildman–Crippen LogP) is 2.28. The highest BCUT2D eigenvalue weighted by molar-refractivity contribution is 5.95. The van der Waals surface area contributed by atoms with Crippen molar-refractivity contribution >= 4 is 17.3 Å². The molecule has 0 heterocycles. The van der Waals surface area contributed by atoms with E-state index in [1.54, 1.807) is 19.9 Å². The van der Waals surface area contributed by atoms with Crippen molar-refractivity contribution < 1.29 is 9.72 Å². The lowest BCUT2D eigenvalue weighted by atomic mass is 10.1. The lowest BCUT2D eigenvalue weighted by Gasteiger charge is -2.13. The number of hydrogen-bond acceptors (Lipinski definition) is 4. The topological polar surface area (TPSA) is 98.3 Å². The summed E-state index contributed by atoms with van der Waals surface area (Å²) in [5.41, 5.74) is 7.48. The van der Waals surface area contributed by atoms with Crippen molar-refractivity contribution in [2.24, 2.45) is 5.73 Å². The minimum absolute atomic E-state index is 0.00929. The Morgan fingerprint density at radius 2 is 2.05 bits per heavy atom. The van der Waals surface area contributed by atoms with Gasteiger partial charge >= 0.3 is 0 Å². The zero-order valence-corrected chi connectivity index (χ0v) is 11.4. The molecule has 0 aliphatic heterocycles. The SMILES string of the molecule is CCC[C@@H](N)C(=O)Nc1cc([N+](=O)[O-])c(C)cc1C. The summed E-state index contributed by atoms with van der Waals surface area (Å²) in [6.07, 6.45) is 1.39. The number of nitro benzene ring substituents is 1. The molecule has 0 fully saturated rings. The molecule has 19 heavy (non-hydrogen) atoms. The van der Waals surface area contributed by atoms with Crippen LogP contribution in [0.15, 0.2) is 12.1 Å². The summed E-state index contributed by atoms with van der Waals surface area (Å²) in [5, 5.41) is 13.5. The van der Waals surface area contributed by atoms with E-state index in [0.29, 0.717) is 17.7 Å². The number of anilines is 1. The Kier molecular flexibility index (Phi) is 5.00. The van der Waals surface area contributed by atoms with Crippen LogP contribution in [0, 0.1) is 24.0 Å². The monoisotopic (exact) mass is 265 g/mol. The van der Waals surface area contributed by atoms with Crippen LogP contribution in [0.5, 0.6) is 0 Å². The van der Waals surface area contributed by atoms with Gasteiger partial charge < -0.3 is 11.1 Å². The third kappa shape index (κ3) is 3.75. The highest BCUT2D eigenvalue weighted by Crippen LogP contribution is 2.26. The van der Waals surface area contributed by atoms with Crippen molar-refractivity contribution in [2.75, 3.05) is 5.32 Å². The van der Waals surface area contributed by atoms with E-state index < -0.39 is 11.0 Å². The summed E-state index contributed by atoms with van der Waals surface area (Å²) in [4.78, 5) is 22.2. The fourth-order valence-electron chi connectivity index (χ4n) is 1.84. The van der Waals surface area contributed by atoms with Gasteiger partial charge in [0.25, 0.3) is 5.69 Å². The summed E-state index contributed by atoms with van der Waals surface area (Å²) >= 11 is 0.